The zero-order chi connectivity index (χ0) is 12.5. The molecule has 1 saturated carbocycles. The number of piperidine rings is 1. The number of hydrogen-bond donors (Lipinski definition) is 3. The molecule has 0 spiro atoms. The van der Waals surface area contributed by atoms with E-state index in [-0.39, 0.29) is 6.10 Å². The molecule has 0 atom stereocenters. The molecule has 2 heterocycles. The third-order valence-electron chi connectivity index (χ3n) is 4.18. The zero-order valence-corrected chi connectivity index (χ0v) is 10.8. The van der Waals surface area contributed by atoms with Crippen LogP contribution < -0.4 is 10.2 Å². The first-order valence-electron chi connectivity index (χ1n) is 6.79. The van der Waals surface area contributed by atoms with Crippen LogP contribution in [0.15, 0.2) is 0 Å². The molecule has 1 saturated heterocycles. The molecule has 0 amide bonds. The van der Waals surface area contributed by atoms with Gasteiger partial charge in [0, 0.05) is 25.0 Å². The fraction of sp³-hybridized carbons (Fsp3) is 0.833. The van der Waals surface area contributed by atoms with E-state index in [1.165, 1.54) is 0 Å². The van der Waals surface area contributed by atoms with Crippen molar-refractivity contribution in [3.63, 3.8) is 0 Å². The van der Waals surface area contributed by atoms with Crippen LogP contribution in [-0.2, 0) is 0 Å². The standard InChI is InChI=1S/C12H21N5O/c1-13-9-2-4-17(5-3-9)12-14-11(15-16-12)8-6-10(18)7-8/h8-10,13,18H,2-7H2,1H3,(H,14,15,16). The van der Waals surface area contributed by atoms with Gasteiger partial charge >= 0.3 is 0 Å². The molecule has 0 aromatic carbocycles. The Kier molecular flexibility index (Phi) is 3.22. The van der Waals surface area contributed by atoms with Crippen LogP contribution in [0.1, 0.15) is 37.4 Å². The number of H-pyrrole nitrogens is 1. The molecule has 1 aliphatic carbocycles. The quantitative estimate of drug-likeness (QED) is 0.717. The molecule has 100 valence electrons. The van der Waals surface area contributed by atoms with Gasteiger partial charge in [-0.05, 0) is 32.7 Å². The van der Waals surface area contributed by atoms with E-state index in [2.05, 4.69) is 25.4 Å². The van der Waals surface area contributed by atoms with Gasteiger partial charge in [0.1, 0.15) is 5.82 Å². The molecular formula is C12H21N5O. The number of aromatic amines is 1. The molecule has 2 fully saturated rings. The van der Waals surface area contributed by atoms with Crippen molar-refractivity contribution >= 4 is 5.95 Å². The van der Waals surface area contributed by atoms with Crippen molar-refractivity contribution in [1.29, 1.82) is 0 Å². The Morgan fingerprint density at radius 3 is 2.67 bits per heavy atom. The minimum absolute atomic E-state index is 0.144. The van der Waals surface area contributed by atoms with Gasteiger partial charge in [0.25, 0.3) is 0 Å². The van der Waals surface area contributed by atoms with Gasteiger partial charge in [-0.3, -0.25) is 5.10 Å². The molecular weight excluding hydrogens is 230 g/mol. The average Bonchev–Trinajstić information content (AvgIpc) is 2.84. The molecule has 0 bridgehead atoms. The number of hydrogen-bond acceptors (Lipinski definition) is 5. The van der Waals surface area contributed by atoms with Crippen molar-refractivity contribution in [1.82, 2.24) is 20.5 Å². The molecule has 1 aromatic rings. The Bertz CT molecular complexity index is 393. The van der Waals surface area contributed by atoms with Gasteiger partial charge in [-0.1, -0.05) is 0 Å². The predicted molar refractivity (Wildman–Crippen MR) is 68.7 cm³/mol. The maximum Gasteiger partial charge on any atom is 0.244 e. The van der Waals surface area contributed by atoms with Crippen molar-refractivity contribution in [2.75, 3.05) is 25.0 Å². The number of aliphatic hydroxyl groups is 1. The Labute approximate surface area is 107 Å². The lowest BCUT2D eigenvalue weighted by molar-refractivity contribution is 0.0718. The third-order valence-corrected chi connectivity index (χ3v) is 4.18. The lowest BCUT2D eigenvalue weighted by atomic mass is 9.82. The average molecular weight is 251 g/mol. The normalized spacial score (nSPS) is 29.3. The lowest BCUT2D eigenvalue weighted by Crippen LogP contribution is -2.41. The monoisotopic (exact) mass is 251 g/mol. The Hall–Kier alpha value is -1.14. The summed E-state index contributed by atoms with van der Waals surface area (Å²) in [5.41, 5.74) is 0. The molecule has 1 aromatic heterocycles. The Balaban J connectivity index is 1.60. The highest BCUT2D eigenvalue weighted by Crippen LogP contribution is 2.35. The number of aliphatic hydroxyl groups excluding tert-OH is 1. The van der Waals surface area contributed by atoms with Gasteiger partial charge < -0.3 is 15.3 Å². The number of aromatic nitrogens is 3. The number of rotatable bonds is 3. The zero-order valence-electron chi connectivity index (χ0n) is 10.8. The predicted octanol–water partition coefficient (Wildman–Crippen LogP) is 0.231. The lowest BCUT2D eigenvalue weighted by Gasteiger charge is -2.31. The Morgan fingerprint density at radius 2 is 2.06 bits per heavy atom. The Morgan fingerprint density at radius 1 is 1.33 bits per heavy atom. The fourth-order valence-electron chi connectivity index (χ4n) is 2.77. The number of nitrogens with one attached hydrogen (secondary N) is 2. The maximum absolute atomic E-state index is 9.31. The summed E-state index contributed by atoms with van der Waals surface area (Å²) in [7, 11) is 2.02. The highest BCUT2D eigenvalue weighted by Gasteiger charge is 2.31. The summed E-state index contributed by atoms with van der Waals surface area (Å²) in [5.74, 6) is 2.13. The minimum Gasteiger partial charge on any atom is -0.393 e. The number of anilines is 1. The van der Waals surface area contributed by atoms with Gasteiger partial charge in [-0.15, -0.1) is 5.10 Å². The summed E-state index contributed by atoms with van der Waals surface area (Å²) < 4.78 is 0. The second kappa shape index (κ2) is 4.85. The van der Waals surface area contributed by atoms with Gasteiger partial charge in [0.05, 0.1) is 6.10 Å². The molecule has 3 N–H and O–H groups in total. The molecule has 18 heavy (non-hydrogen) atoms. The van der Waals surface area contributed by atoms with Crippen molar-refractivity contribution in [3.05, 3.63) is 5.82 Å². The van der Waals surface area contributed by atoms with Gasteiger partial charge in [-0.2, -0.15) is 4.98 Å². The summed E-state index contributed by atoms with van der Waals surface area (Å²) in [5, 5.41) is 20.0. The molecule has 2 aliphatic rings. The summed E-state index contributed by atoms with van der Waals surface area (Å²) in [4.78, 5) is 6.81. The van der Waals surface area contributed by atoms with E-state index in [1.54, 1.807) is 0 Å². The van der Waals surface area contributed by atoms with Crippen LogP contribution in [0.4, 0.5) is 5.95 Å². The van der Waals surface area contributed by atoms with E-state index in [1.807, 2.05) is 7.05 Å². The van der Waals surface area contributed by atoms with E-state index in [9.17, 15) is 5.11 Å². The second-order valence-electron chi connectivity index (χ2n) is 5.39. The van der Waals surface area contributed by atoms with Gasteiger partial charge in [-0.25, -0.2) is 0 Å². The van der Waals surface area contributed by atoms with Crippen molar-refractivity contribution < 1.29 is 5.11 Å². The fourth-order valence-corrected chi connectivity index (χ4v) is 2.77. The molecule has 0 unspecified atom stereocenters. The topological polar surface area (TPSA) is 77.1 Å². The highest BCUT2D eigenvalue weighted by atomic mass is 16.3. The molecule has 6 heteroatoms. The first-order chi connectivity index (χ1) is 8.76. The van der Waals surface area contributed by atoms with Crippen LogP contribution in [0.25, 0.3) is 0 Å². The van der Waals surface area contributed by atoms with Gasteiger partial charge in [0.15, 0.2) is 0 Å². The maximum atomic E-state index is 9.31. The van der Waals surface area contributed by atoms with Crippen LogP contribution in [-0.4, -0.2) is 52.6 Å². The first-order valence-corrected chi connectivity index (χ1v) is 6.79. The SMILES string of the molecule is CNC1CCN(c2n[nH]c(C3CC(O)C3)n2)CC1. The van der Waals surface area contributed by atoms with Crippen molar-refractivity contribution in [2.24, 2.45) is 0 Å². The first kappa shape index (κ1) is 11.9. The minimum atomic E-state index is -0.144. The van der Waals surface area contributed by atoms with Crippen molar-refractivity contribution in [2.45, 2.75) is 43.7 Å². The van der Waals surface area contributed by atoms with E-state index in [0.29, 0.717) is 12.0 Å². The second-order valence-corrected chi connectivity index (χ2v) is 5.39. The summed E-state index contributed by atoms with van der Waals surface area (Å²) >= 11 is 0. The summed E-state index contributed by atoms with van der Waals surface area (Å²) in [6.07, 6.45) is 3.77. The van der Waals surface area contributed by atoms with E-state index in [4.69, 9.17) is 0 Å². The summed E-state index contributed by atoms with van der Waals surface area (Å²) in [6.45, 7) is 2.02. The van der Waals surface area contributed by atoms with E-state index in [0.717, 1.165) is 50.5 Å². The third kappa shape index (κ3) is 2.22. The highest BCUT2D eigenvalue weighted by molar-refractivity contribution is 5.30. The number of nitrogens with zero attached hydrogens (tertiary/aromatic N) is 3. The van der Waals surface area contributed by atoms with Gasteiger partial charge in [0.2, 0.25) is 5.95 Å². The summed E-state index contributed by atoms with van der Waals surface area (Å²) in [6, 6.07) is 0.626. The smallest absolute Gasteiger partial charge is 0.244 e. The largest absolute Gasteiger partial charge is 0.393 e. The molecule has 0 radical (unpaired) electrons. The molecule has 3 rings (SSSR count). The van der Waals surface area contributed by atoms with Crippen LogP contribution in [0.2, 0.25) is 0 Å². The van der Waals surface area contributed by atoms with E-state index < -0.39 is 0 Å². The molecule has 1 aliphatic heterocycles. The van der Waals surface area contributed by atoms with Crippen LogP contribution in [0.5, 0.6) is 0 Å². The van der Waals surface area contributed by atoms with Crippen LogP contribution >= 0.6 is 0 Å². The molecule has 6 nitrogen and oxygen atoms in total. The van der Waals surface area contributed by atoms with Crippen molar-refractivity contribution in [3.8, 4) is 0 Å². The van der Waals surface area contributed by atoms with E-state index >= 15 is 0 Å². The van der Waals surface area contributed by atoms with Crippen LogP contribution in [0, 0.1) is 0 Å². The van der Waals surface area contributed by atoms with Crippen LogP contribution in [0.3, 0.4) is 0 Å².